The van der Waals surface area contributed by atoms with E-state index in [0.29, 0.717) is 26.9 Å². The van der Waals surface area contributed by atoms with Gasteiger partial charge in [0.1, 0.15) is 12.4 Å². The van der Waals surface area contributed by atoms with Gasteiger partial charge in [0.25, 0.3) is 11.1 Å². The van der Waals surface area contributed by atoms with Gasteiger partial charge in [-0.05, 0) is 48.2 Å². The number of ether oxygens (including phenoxy) is 2. The third kappa shape index (κ3) is 5.43. The van der Waals surface area contributed by atoms with Crippen molar-refractivity contribution >= 4 is 63.8 Å². The Balaban J connectivity index is 1.63. The summed E-state index contributed by atoms with van der Waals surface area (Å²) in [5, 5.41) is 0.480. The van der Waals surface area contributed by atoms with Gasteiger partial charge in [-0.15, -0.1) is 0 Å². The number of hydrogen-bond acceptors (Lipinski definition) is 5. The molecule has 0 saturated carbocycles. The molecule has 0 unspecified atom stereocenters. The molecule has 10 heteroatoms. The third-order valence-corrected chi connectivity index (χ3v) is 7.16. The summed E-state index contributed by atoms with van der Waals surface area (Å²) < 4.78 is 25.5. The number of nitrogens with zero attached hydrogens (tertiary/aromatic N) is 1. The van der Waals surface area contributed by atoms with E-state index in [-0.39, 0.29) is 34.4 Å². The van der Waals surface area contributed by atoms with Crippen LogP contribution in [0.4, 0.5) is 9.18 Å². The molecule has 2 amide bonds. The molecule has 3 aromatic rings. The van der Waals surface area contributed by atoms with Gasteiger partial charge in [-0.25, -0.2) is 4.39 Å². The van der Waals surface area contributed by atoms with E-state index in [0.717, 1.165) is 16.7 Å². The van der Waals surface area contributed by atoms with Crippen LogP contribution in [-0.4, -0.2) is 23.2 Å². The minimum absolute atomic E-state index is 0.0617. The molecule has 1 aliphatic heterocycles. The average molecular weight is 553 g/mol. The minimum atomic E-state index is -0.506. The molecule has 180 valence electrons. The zero-order valence-electron chi connectivity index (χ0n) is 18.2. The summed E-state index contributed by atoms with van der Waals surface area (Å²) in [6.07, 6.45) is 1.53. The first-order chi connectivity index (χ1) is 16.8. The highest BCUT2D eigenvalue weighted by Crippen LogP contribution is 2.39. The maximum atomic E-state index is 14.2. The maximum Gasteiger partial charge on any atom is 0.293 e. The maximum absolute atomic E-state index is 14.2. The number of methoxy groups -OCH3 is 1. The van der Waals surface area contributed by atoms with Gasteiger partial charge >= 0.3 is 0 Å². The lowest BCUT2D eigenvalue weighted by molar-refractivity contribution is -0.123. The van der Waals surface area contributed by atoms with Crippen molar-refractivity contribution in [2.45, 2.75) is 13.2 Å². The highest BCUT2D eigenvalue weighted by atomic mass is 35.5. The number of halogens is 4. The fraction of sp³-hybridized carbons (Fsp3) is 0.120. The predicted molar refractivity (Wildman–Crippen MR) is 137 cm³/mol. The lowest BCUT2D eigenvalue weighted by Gasteiger charge is -2.15. The fourth-order valence-corrected chi connectivity index (χ4v) is 4.96. The summed E-state index contributed by atoms with van der Waals surface area (Å²) in [6.45, 7) is -0.229. The number of para-hydroxylation sites is 1. The summed E-state index contributed by atoms with van der Waals surface area (Å²) >= 11 is 19.3. The molecule has 0 aromatic heterocycles. The molecule has 0 spiro atoms. The Morgan fingerprint density at radius 3 is 2.23 bits per heavy atom. The smallest absolute Gasteiger partial charge is 0.293 e. The second-order valence-corrected chi connectivity index (χ2v) is 9.55. The Labute approximate surface area is 220 Å². The molecule has 0 aliphatic carbocycles. The van der Waals surface area contributed by atoms with E-state index in [2.05, 4.69) is 0 Å². The highest BCUT2D eigenvalue weighted by molar-refractivity contribution is 8.18. The Morgan fingerprint density at radius 1 is 0.943 bits per heavy atom. The van der Waals surface area contributed by atoms with Crippen molar-refractivity contribution in [1.29, 1.82) is 0 Å². The van der Waals surface area contributed by atoms with Gasteiger partial charge in [-0.2, -0.15) is 0 Å². The third-order valence-electron chi connectivity index (χ3n) is 5.19. The van der Waals surface area contributed by atoms with Gasteiger partial charge < -0.3 is 9.47 Å². The van der Waals surface area contributed by atoms with Gasteiger partial charge in [0.15, 0.2) is 11.5 Å². The Kier molecular flexibility index (Phi) is 7.91. The van der Waals surface area contributed by atoms with Crippen LogP contribution in [0.25, 0.3) is 6.08 Å². The second-order valence-electron chi connectivity index (χ2n) is 7.34. The van der Waals surface area contributed by atoms with Gasteiger partial charge in [-0.1, -0.05) is 59.1 Å². The summed E-state index contributed by atoms with van der Waals surface area (Å²) in [5.74, 6) is -0.362. The minimum Gasteiger partial charge on any atom is -0.493 e. The van der Waals surface area contributed by atoms with Crippen LogP contribution in [-0.2, 0) is 17.9 Å². The van der Waals surface area contributed by atoms with Crippen LogP contribution in [0.5, 0.6) is 11.5 Å². The lowest BCUT2D eigenvalue weighted by Crippen LogP contribution is -2.27. The number of benzene rings is 3. The second kappa shape index (κ2) is 10.9. The van der Waals surface area contributed by atoms with Gasteiger partial charge in [0.05, 0.1) is 23.6 Å². The number of imide groups is 1. The summed E-state index contributed by atoms with van der Waals surface area (Å²) in [6, 6.07) is 14.4. The molecule has 3 aromatic carbocycles. The van der Waals surface area contributed by atoms with E-state index in [1.807, 2.05) is 0 Å². The first-order valence-electron chi connectivity index (χ1n) is 10.2. The van der Waals surface area contributed by atoms with Crippen LogP contribution in [0.3, 0.4) is 0 Å². The molecule has 0 radical (unpaired) electrons. The topological polar surface area (TPSA) is 55.8 Å². The van der Waals surface area contributed by atoms with Crippen molar-refractivity contribution in [1.82, 2.24) is 4.90 Å². The number of hydrogen-bond donors (Lipinski definition) is 0. The Morgan fingerprint density at radius 2 is 1.57 bits per heavy atom. The summed E-state index contributed by atoms with van der Waals surface area (Å²) in [5.41, 5.74) is 1.13. The number of carbonyl (C=O) groups is 2. The molecule has 5 nitrogen and oxygen atoms in total. The first kappa shape index (κ1) is 25.4. The van der Waals surface area contributed by atoms with E-state index < -0.39 is 17.0 Å². The van der Waals surface area contributed by atoms with Crippen LogP contribution in [0, 0.1) is 5.82 Å². The summed E-state index contributed by atoms with van der Waals surface area (Å²) in [4.78, 5) is 27.0. The van der Waals surface area contributed by atoms with Gasteiger partial charge in [-0.3, -0.25) is 14.5 Å². The molecule has 35 heavy (non-hydrogen) atoms. The molecular weight excluding hydrogens is 536 g/mol. The predicted octanol–water partition coefficient (Wildman–Crippen LogP) is 7.61. The van der Waals surface area contributed by atoms with E-state index in [1.54, 1.807) is 42.5 Å². The molecule has 1 aliphatic rings. The largest absolute Gasteiger partial charge is 0.493 e. The summed E-state index contributed by atoms with van der Waals surface area (Å²) in [7, 11) is 1.46. The van der Waals surface area contributed by atoms with Crippen molar-refractivity contribution in [2.75, 3.05) is 7.11 Å². The normalized spacial score (nSPS) is 14.7. The van der Waals surface area contributed by atoms with Crippen molar-refractivity contribution in [3.8, 4) is 11.5 Å². The number of carbonyl (C=O) groups excluding carboxylic acids is 2. The highest BCUT2D eigenvalue weighted by Gasteiger charge is 2.36. The lowest BCUT2D eigenvalue weighted by atomic mass is 10.1. The molecule has 0 bridgehead atoms. The Bertz CT molecular complexity index is 1310. The van der Waals surface area contributed by atoms with Crippen LogP contribution in [0.15, 0.2) is 59.5 Å². The average Bonchev–Trinajstić information content (AvgIpc) is 3.08. The van der Waals surface area contributed by atoms with E-state index in [9.17, 15) is 14.0 Å². The monoisotopic (exact) mass is 551 g/mol. The number of rotatable bonds is 7. The molecule has 1 fully saturated rings. The standard InChI is InChI=1S/C25H17Cl3FNO4S/c1-33-21-10-2-5-14(23(21)34-13-16-19(28)8-4-9-20(16)29)11-22-24(31)30(25(32)35-22)12-15-17(26)6-3-7-18(15)27/h2-11H,12-13H2,1H3/b22-11-. The molecule has 1 saturated heterocycles. The zero-order chi connectivity index (χ0) is 25.1. The SMILES string of the molecule is COc1cccc(/C=C2\SC(=O)N(Cc3c(Cl)cccc3Cl)C2=O)c1OCc1c(F)cccc1Cl. The first-order valence-corrected chi connectivity index (χ1v) is 12.2. The van der Waals surface area contributed by atoms with Crippen LogP contribution >= 0.6 is 46.6 Å². The van der Waals surface area contributed by atoms with Crippen molar-refractivity contribution in [2.24, 2.45) is 0 Å². The van der Waals surface area contributed by atoms with Crippen molar-refractivity contribution in [3.05, 3.63) is 97.1 Å². The quantitative estimate of drug-likeness (QED) is 0.282. The number of amides is 2. The molecular formula is C25H17Cl3FNO4S. The van der Waals surface area contributed by atoms with Crippen molar-refractivity contribution in [3.63, 3.8) is 0 Å². The zero-order valence-corrected chi connectivity index (χ0v) is 21.3. The van der Waals surface area contributed by atoms with E-state index in [4.69, 9.17) is 44.3 Å². The van der Waals surface area contributed by atoms with Gasteiger partial charge in [0, 0.05) is 26.7 Å². The number of thioether (sulfide) groups is 1. The van der Waals surface area contributed by atoms with Crippen LogP contribution < -0.4 is 9.47 Å². The molecule has 0 atom stereocenters. The molecule has 0 N–H and O–H groups in total. The van der Waals surface area contributed by atoms with Gasteiger partial charge in [0.2, 0.25) is 0 Å². The van der Waals surface area contributed by atoms with Crippen LogP contribution in [0.2, 0.25) is 15.1 Å². The fourth-order valence-electron chi connectivity index (χ4n) is 3.40. The Hall–Kier alpha value is -2.71. The molecule has 4 rings (SSSR count). The van der Waals surface area contributed by atoms with Crippen molar-refractivity contribution < 1.29 is 23.5 Å². The van der Waals surface area contributed by atoms with Crippen LogP contribution in [0.1, 0.15) is 16.7 Å². The molecule has 1 heterocycles. The van der Waals surface area contributed by atoms with E-state index >= 15 is 0 Å². The van der Waals surface area contributed by atoms with E-state index in [1.165, 1.54) is 25.3 Å².